The third kappa shape index (κ3) is 4.24. The predicted molar refractivity (Wildman–Crippen MR) is 73.0 cm³/mol. The lowest BCUT2D eigenvalue weighted by Crippen LogP contribution is -2.30. The molecule has 1 N–H and O–H groups in total. The highest BCUT2D eigenvalue weighted by atomic mass is 16.6. The van der Waals surface area contributed by atoms with Gasteiger partial charge < -0.3 is 14.6 Å². The Labute approximate surface area is 114 Å². The number of carbonyl (C=O) groups is 1. The molecule has 0 bridgehead atoms. The van der Waals surface area contributed by atoms with E-state index in [0.717, 1.165) is 0 Å². The second-order valence-corrected chi connectivity index (χ2v) is 5.51. The SMILES string of the molecule is COc1ccccc1C(O)C(C)C(=O)OC(C)(C)C. The maximum Gasteiger partial charge on any atom is 0.312 e. The van der Waals surface area contributed by atoms with Gasteiger partial charge in [-0.05, 0) is 33.8 Å². The van der Waals surface area contributed by atoms with E-state index in [2.05, 4.69) is 0 Å². The van der Waals surface area contributed by atoms with Crippen molar-refractivity contribution in [2.75, 3.05) is 7.11 Å². The molecule has 0 fully saturated rings. The Morgan fingerprint density at radius 2 is 1.84 bits per heavy atom. The number of methoxy groups -OCH3 is 1. The standard InChI is InChI=1S/C15H22O4/c1-10(14(17)19-15(2,3)4)13(16)11-8-6-7-9-12(11)18-5/h6-10,13,16H,1-5H3. The lowest BCUT2D eigenvalue weighted by Gasteiger charge is -2.25. The van der Waals surface area contributed by atoms with Gasteiger partial charge in [-0.1, -0.05) is 18.2 Å². The Morgan fingerprint density at radius 3 is 2.37 bits per heavy atom. The highest BCUT2D eigenvalue weighted by molar-refractivity contribution is 5.73. The third-order valence-electron chi connectivity index (χ3n) is 2.71. The van der Waals surface area contributed by atoms with E-state index in [0.29, 0.717) is 11.3 Å². The maximum absolute atomic E-state index is 12.0. The summed E-state index contributed by atoms with van der Waals surface area (Å²) in [5.41, 5.74) is 0.0228. The van der Waals surface area contributed by atoms with Crippen molar-refractivity contribution in [1.82, 2.24) is 0 Å². The summed E-state index contributed by atoms with van der Waals surface area (Å²) >= 11 is 0. The summed E-state index contributed by atoms with van der Waals surface area (Å²) < 4.78 is 10.5. The molecule has 0 saturated heterocycles. The van der Waals surface area contributed by atoms with E-state index in [4.69, 9.17) is 9.47 Å². The van der Waals surface area contributed by atoms with Gasteiger partial charge in [0.25, 0.3) is 0 Å². The van der Waals surface area contributed by atoms with Gasteiger partial charge in [0.15, 0.2) is 0 Å². The van der Waals surface area contributed by atoms with Crippen LogP contribution in [0.1, 0.15) is 39.4 Å². The summed E-state index contributed by atoms with van der Waals surface area (Å²) in [6, 6.07) is 7.10. The predicted octanol–water partition coefficient (Wildman–Crippen LogP) is 2.71. The number of benzene rings is 1. The smallest absolute Gasteiger partial charge is 0.312 e. The van der Waals surface area contributed by atoms with Crippen molar-refractivity contribution < 1.29 is 19.4 Å². The van der Waals surface area contributed by atoms with Crippen LogP contribution in [0.4, 0.5) is 0 Å². The third-order valence-corrected chi connectivity index (χ3v) is 2.71. The van der Waals surface area contributed by atoms with Gasteiger partial charge in [-0.3, -0.25) is 4.79 Å². The number of carbonyl (C=O) groups excluding carboxylic acids is 1. The van der Waals surface area contributed by atoms with Crippen LogP contribution in [-0.2, 0) is 9.53 Å². The second-order valence-electron chi connectivity index (χ2n) is 5.51. The highest BCUT2D eigenvalue weighted by Gasteiger charge is 2.29. The number of ether oxygens (including phenoxy) is 2. The van der Waals surface area contributed by atoms with Gasteiger partial charge in [-0.25, -0.2) is 0 Å². The molecule has 19 heavy (non-hydrogen) atoms. The number of aliphatic hydroxyl groups is 1. The van der Waals surface area contributed by atoms with Crippen molar-refractivity contribution >= 4 is 5.97 Å². The molecule has 0 aliphatic carbocycles. The van der Waals surface area contributed by atoms with E-state index in [1.54, 1.807) is 45.9 Å². The quantitative estimate of drug-likeness (QED) is 0.851. The molecule has 4 nitrogen and oxygen atoms in total. The van der Waals surface area contributed by atoms with Crippen LogP contribution in [0.3, 0.4) is 0 Å². The van der Waals surface area contributed by atoms with Crippen molar-refractivity contribution in [3.63, 3.8) is 0 Å². The first-order valence-electron chi connectivity index (χ1n) is 6.30. The number of rotatable bonds is 4. The average molecular weight is 266 g/mol. The molecule has 0 amide bonds. The lowest BCUT2D eigenvalue weighted by molar-refractivity contribution is -0.163. The molecule has 2 unspecified atom stereocenters. The van der Waals surface area contributed by atoms with Crippen LogP contribution < -0.4 is 4.74 Å². The minimum atomic E-state index is -0.953. The molecular weight excluding hydrogens is 244 g/mol. The van der Waals surface area contributed by atoms with Crippen molar-refractivity contribution in [2.45, 2.75) is 39.4 Å². The molecule has 1 rings (SSSR count). The molecule has 1 aromatic rings. The molecule has 0 aliphatic heterocycles. The molecule has 2 atom stereocenters. The molecule has 0 radical (unpaired) electrons. The number of hydrogen-bond acceptors (Lipinski definition) is 4. The molecule has 0 spiro atoms. The van der Waals surface area contributed by atoms with E-state index in [-0.39, 0.29) is 0 Å². The van der Waals surface area contributed by atoms with Gasteiger partial charge >= 0.3 is 5.97 Å². The molecule has 0 aromatic heterocycles. The van der Waals surface area contributed by atoms with E-state index in [1.807, 2.05) is 6.07 Å². The Balaban J connectivity index is 2.87. The molecule has 106 valence electrons. The summed E-state index contributed by atoms with van der Waals surface area (Å²) in [7, 11) is 1.53. The fourth-order valence-electron chi connectivity index (χ4n) is 1.70. The van der Waals surface area contributed by atoms with Crippen LogP contribution in [0, 0.1) is 5.92 Å². The minimum Gasteiger partial charge on any atom is -0.496 e. The Kier molecular flexibility index (Phi) is 4.95. The van der Waals surface area contributed by atoms with Gasteiger partial charge in [0.2, 0.25) is 0 Å². The van der Waals surface area contributed by atoms with Crippen LogP contribution in [0.5, 0.6) is 5.75 Å². The van der Waals surface area contributed by atoms with Crippen LogP contribution in [0.2, 0.25) is 0 Å². The fraction of sp³-hybridized carbons (Fsp3) is 0.533. The Morgan fingerprint density at radius 1 is 1.26 bits per heavy atom. The molecule has 4 heteroatoms. The highest BCUT2D eigenvalue weighted by Crippen LogP contribution is 2.31. The molecule has 0 heterocycles. The largest absolute Gasteiger partial charge is 0.496 e. The summed E-state index contributed by atoms with van der Waals surface area (Å²) in [5.74, 6) is -0.521. The van der Waals surface area contributed by atoms with Crippen molar-refractivity contribution in [3.05, 3.63) is 29.8 Å². The number of para-hydroxylation sites is 1. The fourth-order valence-corrected chi connectivity index (χ4v) is 1.70. The second kappa shape index (κ2) is 6.06. The summed E-state index contributed by atoms with van der Waals surface area (Å²) in [6.07, 6.45) is -0.953. The zero-order chi connectivity index (χ0) is 14.6. The van der Waals surface area contributed by atoms with Gasteiger partial charge in [0.05, 0.1) is 19.1 Å². The molecule has 1 aromatic carbocycles. The van der Waals surface area contributed by atoms with Crippen molar-refractivity contribution in [3.8, 4) is 5.75 Å². The van der Waals surface area contributed by atoms with Crippen LogP contribution in [0.25, 0.3) is 0 Å². The van der Waals surface area contributed by atoms with E-state index >= 15 is 0 Å². The van der Waals surface area contributed by atoms with Crippen molar-refractivity contribution in [1.29, 1.82) is 0 Å². The first-order chi connectivity index (χ1) is 8.76. The normalized spacial score (nSPS) is 14.6. The zero-order valence-electron chi connectivity index (χ0n) is 12.1. The number of hydrogen-bond donors (Lipinski definition) is 1. The monoisotopic (exact) mass is 266 g/mol. The molecule has 0 saturated carbocycles. The molecular formula is C15H22O4. The van der Waals surface area contributed by atoms with Gasteiger partial charge in [-0.15, -0.1) is 0 Å². The lowest BCUT2D eigenvalue weighted by atomic mass is 9.96. The van der Waals surface area contributed by atoms with Crippen LogP contribution >= 0.6 is 0 Å². The Hall–Kier alpha value is -1.55. The van der Waals surface area contributed by atoms with E-state index in [9.17, 15) is 9.90 Å². The van der Waals surface area contributed by atoms with Gasteiger partial charge in [-0.2, -0.15) is 0 Å². The number of esters is 1. The van der Waals surface area contributed by atoms with Crippen LogP contribution in [0.15, 0.2) is 24.3 Å². The number of aliphatic hydroxyl groups excluding tert-OH is 1. The van der Waals surface area contributed by atoms with Gasteiger partial charge in [0.1, 0.15) is 11.4 Å². The summed E-state index contributed by atoms with van der Waals surface area (Å²) in [4.78, 5) is 12.0. The van der Waals surface area contributed by atoms with Crippen LogP contribution in [-0.4, -0.2) is 23.8 Å². The van der Waals surface area contributed by atoms with Crippen molar-refractivity contribution in [2.24, 2.45) is 5.92 Å². The summed E-state index contributed by atoms with van der Waals surface area (Å²) in [5, 5.41) is 10.3. The van der Waals surface area contributed by atoms with E-state index < -0.39 is 23.6 Å². The first kappa shape index (κ1) is 15.5. The topological polar surface area (TPSA) is 55.8 Å². The van der Waals surface area contributed by atoms with Gasteiger partial charge in [0, 0.05) is 5.56 Å². The first-order valence-corrected chi connectivity index (χ1v) is 6.30. The minimum absolute atomic E-state index is 0.425. The molecule has 0 aliphatic rings. The summed E-state index contributed by atoms with van der Waals surface area (Å²) in [6.45, 7) is 7.04. The Bertz CT molecular complexity index is 434. The zero-order valence-corrected chi connectivity index (χ0v) is 12.1. The average Bonchev–Trinajstić information content (AvgIpc) is 2.34. The maximum atomic E-state index is 12.0. The van der Waals surface area contributed by atoms with E-state index in [1.165, 1.54) is 7.11 Å².